The fourth-order valence-electron chi connectivity index (χ4n) is 1.16. The lowest BCUT2D eigenvalue weighted by Crippen LogP contribution is -2.20. The predicted molar refractivity (Wildman–Crippen MR) is 55.2 cm³/mol. The summed E-state index contributed by atoms with van der Waals surface area (Å²) in [6.07, 6.45) is -3.18. The highest BCUT2D eigenvalue weighted by Crippen LogP contribution is 2.21. The summed E-state index contributed by atoms with van der Waals surface area (Å²) in [5.74, 6) is -0.00175. The number of aromatic nitrogens is 2. The molecule has 1 N–H and O–H groups in total. The lowest BCUT2D eigenvalue weighted by atomic mass is 10.5. The largest absolute Gasteiger partial charge is 0.411 e. The molecule has 0 radical (unpaired) electrons. The van der Waals surface area contributed by atoms with Gasteiger partial charge in [0.05, 0.1) is 11.5 Å². The maximum absolute atomic E-state index is 11.7. The molecular weight excluding hydrogens is 257 g/mol. The van der Waals surface area contributed by atoms with Crippen molar-refractivity contribution in [2.24, 2.45) is 7.05 Å². The summed E-state index contributed by atoms with van der Waals surface area (Å²) < 4.78 is 40.8. The van der Waals surface area contributed by atoms with Gasteiger partial charge in [0.1, 0.15) is 12.8 Å². The molecule has 18 heavy (non-hydrogen) atoms. The zero-order valence-electron chi connectivity index (χ0n) is 9.40. The number of halogens is 3. The Morgan fingerprint density at radius 2 is 2.28 bits per heavy atom. The summed E-state index contributed by atoms with van der Waals surface area (Å²) in [6, 6.07) is 0. The van der Waals surface area contributed by atoms with Gasteiger partial charge in [0.25, 0.3) is 0 Å². The van der Waals surface area contributed by atoms with Crippen molar-refractivity contribution in [3.8, 4) is 0 Å². The number of hydrogen-bond donors (Lipinski definition) is 1. The van der Waals surface area contributed by atoms with Crippen LogP contribution in [-0.4, -0.2) is 40.6 Å². The minimum atomic E-state index is -4.38. The van der Waals surface area contributed by atoms with E-state index in [-0.39, 0.29) is 24.7 Å². The minimum absolute atomic E-state index is 0.00175. The third kappa shape index (κ3) is 4.57. The molecule has 0 aliphatic heterocycles. The average molecular weight is 268 g/mol. The number of alkyl halides is 3. The molecule has 0 fully saturated rings. The van der Waals surface area contributed by atoms with Gasteiger partial charge >= 0.3 is 11.9 Å². The molecule has 0 bridgehead atoms. The molecule has 0 unspecified atom stereocenters. The van der Waals surface area contributed by atoms with Crippen LogP contribution in [0.4, 0.5) is 24.7 Å². The molecule has 1 rings (SSSR count). The molecule has 102 valence electrons. The van der Waals surface area contributed by atoms with E-state index in [1.165, 1.54) is 17.9 Å². The van der Waals surface area contributed by atoms with Crippen molar-refractivity contribution in [1.29, 1.82) is 0 Å². The van der Waals surface area contributed by atoms with Crippen LogP contribution >= 0.6 is 0 Å². The predicted octanol–water partition coefficient (Wildman–Crippen LogP) is 1.32. The fourth-order valence-corrected chi connectivity index (χ4v) is 1.16. The van der Waals surface area contributed by atoms with E-state index in [0.29, 0.717) is 0 Å². The third-order valence-corrected chi connectivity index (χ3v) is 1.81. The van der Waals surface area contributed by atoms with Crippen LogP contribution in [0.2, 0.25) is 0 Å². The monoisotopic (exact) mass is 268 g/mol. The van der Waals surface area contributed by atoms with Gasteiger partial charge in [-0.05, 0) is 0 Å². The van der Waals surface area contributed by atoms with Crippen molar-refractivity contribution in [2.45, 2.75) is 6.18 Å². The van der Waals surface area contributed by atoms with Crippen LogP contribution in [0.1, 0.15) is 0 Å². The fraction of sp³-hybridized carbons (Fsp3) is 0.625. The summed E-state index contributed by atoms with van der Waals surface area (Å²) in [4.78, 5) is 9.95. The second-order valence-electron chi connectivity index (χ2n) is 3.39. The molecular formula is C8H11F3N4O3. The van der Waals surface area contributed by atoms with Crippen molar-refractivity contribution in [3.63, 3.8) is 0 Å². The topological polar surface area (TPSA) is 82.2 Å². The van der Waals surface area contributed by atoms with Crippen LogP contribution in [-0.2, 0) is 11.8 Å². The molecule has 0 spiro atoms. The number of nitrogens with one attached hydrogen (secondary N) is 1. The quantitative estimate of drug-likeness (QED) is 0.478. The van der Waals surface area contributed by atoms with Crippen LogP contribution < -0.4 is 5.32 Å². The van der Waals surface area contributed by atoms with E-state index in [0.717, 1.165) is 0 Å². The Kier molecular flexibility index (Phi) is 4.48. The summed E-state index contributed by atoms with van der Waals surface area (Å²) >= 11 is 0. The molecule has 1 heterocycles. The lowest BCUT2D eigenvalue weighted by molar-refractivity contribution is -0.384. The normalized spacial score (nSPS) is 11.6. The molecule has 0 aromatic carbocycles. The first-order chi connectivity index (χ1) is 8.29. The highest BCUT2D eigenvalue weighted by atomic mass is 19.4. The zero-order valence-corrected chi connectivity index (χ0v) is 9.40. The Hall–Kier alpha value is -1.84. The van der Waals surface area contributed by atoms with Crippen molar-refractivity contribution in [1.82, 2.24) is 9.78 Å². The van der Waals surface area contributed by atoms with Gasteiger partial charge in [0.15, 0.2) is 0 Å². The second kappa shape index (κ2) is 5.67. The lowest BCUT2D eigenvalue weighted by Gasteiger charge is -2.07. The number of ether oxygens (including phenoxy) is 1. The second-order valence-corrected chi connectivity index (χ2v) is 3.39. The van der Waals surface area contributed by atoms with Crippen molar-refractivity contribution in [3.05, 3.63) is 16.3 Å². The number of anilines is 1. The van der Waals surface area contributed by atoms with Gasteiger partial charge in [-0.3, -0.25) is 14.8 Å². The van der Waals surface area contributed by atoms with Crippen molar-refractivity contribution in [2.75, 3.05) is 25.1 Å². The molecule has 0 aliphatic carbocycles. The highest BCUT2D eigenvalue weighted by molar-refractivity contribution is 5.54. The van der Waals surface area contributed by atoms with Gasteiger partial charge in [0, 0.05) is 13.6 Å². The Balaban J connectivity index is 2.38. The molecule has 10 heteroatoms. The first-order valence-electron chi connectivity index (χ1n) is 4.86. The van der Waals surface area contributed by atoms with Crippen molar-refractivity contribution < 1.29 is 22.8 Å². The first-order valence-corrected chi connectivity index (χ1v) is 4.86. The highest BCUT2D eigenvalue weighted by Gasteiger charge is 2.27. The number of nitro groups is 1. The van der Waals surface area contributed by atoms with Gasteiger partial charge < -0.3 is 10.1 Å². The summed E-state index contributed by atoms with van der Waals surface area (Å²) in [7, 11) is 1.50. The van der Waals surface area contributed by atoms with Gasteiger partial charge in [-0.15, -0.1) is 5.10 Å². The number of nitrogens with zero attached hydrogens (tertiary/aromatic N) is 3. The molecule has 1 aromatic heterocycles. The molecule has 0 saturated heterocycles. The maximum Gasteiger partial charge on any atom is 0.411 e. The van der Waals surface area contributed by atoms with E-state index >= 15 is 0 Å². The summed E-state index contributed by atoms with van der Waals surface area (Å²) in [5, 5.41) is 16.9. The van der Waals surface area contributed by atoms with Gasteiger partial charge in [-0.2, -0.15) is 13.2 Å². The van der Waals surface area contributed by atoms with E-state index in [1.54, 1.807) is 0 Å². The van der Waals surface area contributed by atoms with E-state index in [1.807, 2.05) is 0 Å². The van der Waals surface area contributed by atoms with Crippen LogP contribution in [0.25, 0.3) is 0 Å². The standard InChI is InChI=1S/C8H11F3N4O3/c1-14-4-6(15(16)17)7(13-14)12-2-3-18-5-8(9,10)11/h4H,2-3,5H2,1H3,(H,12,13). The molecule has 1 aromatic rings. The van der Waals surface area contributed by atoms with E-state index in [9.17, 15) is 23.3 Å². The van der Waals surface area contributed by atoms with E-state index in [4.69, 9.17) is 0 Å². The molecule has 0 atom stereocenters. The van der Waals surface area contributed by atoms with Gasteiger partial charge in [0.2, 0.25) is 5.82 Å². The first kappa shape index (κ1) is 14.2. The summed E-state index contributed by atoms with van der Waals surface area (Å²) in [6.45, 7) is -1.58. The van der Waals surface area contributed by atoms with E-state index < -0.39 is 17.7 Å². The third-order valence-electron chi connectivity index (χ3n) is 1.81. The Labute approximate surface area is 99.7 Å². The van der Waals surface area contributed by atoms with Crippen LogP contribution in [0.15, 0.2) is 6.20 Å². The Morgan fingerprint density at radius 1 is 1.61 bits per heavy atom. The van der Waals surface area contributed by atoms with Crippen LogP contribution in [0.3, 0.4) is 0 Å². The molecule has 7 nitrogen and oxygen atoms in total. The SMILES string of the molecule is Cn1cc([N+](=O)[O-])c(NCCOCC(F)(F)F)n1. The zero-order chi connectivity index (χ0) is 13.8. The van der Waals surface area contributed by atoms with Gasteiger partial charge in [-0.25, -0.2) is 0 Å². The van der Waals surface area contributed by atoms with E-state index in [2.05, 4.69) is 15.2 Å². The number of hydrogen-bond acceptors (Lipinski definition) is 5. The van der Waals surface area contributed by atoms with Crippen molar-refractivity contribution >= 4 is 11.5 Å². The van der Waals surface area contributed by atoms with Crippen LogP contribution in [0.5, 0.6) is 0 Å². The van der Waals surface area contributed by atoms with Crippen LogP contribution in [0, 0.1) is 10.1 Å². The average Bonchev–Trinajstić information content (AvgIpc) is 2.57. The van der Waals surface area contributed by atoms with Gasteiger partial charge in [-0.1, -0.05) is 0 Å². The summed E-state index contributed by atoms with van der Waals surface area (Å²) in [5.41, 5.74) is -0.242. The maximum atomic E-state index is 11.7. The Bertz CT molecular complexity index is 418. The molecule has 0 saturated carbocycles. The minimum Gasteiger partial charge on any atom is -0.370 e. The number of aryl methyl sites for hydroxylation is 1. The number of rotatable bonds is 6. The molecule has 0 aliphatic rings. The Morgan fingerprint density at radius 3 is 2.83 bits per heavy atom. The molecule has 0 amide bonds. The smallest absolute Gasteiger partial charge is 0.370 e.